The van der Waals surface area contributed by atoms with Crippen LogP contribution in [0.2, 0.25) is 0 Å². The number of hydrogen-bond acceptors (Lipinski definition) is 1. The van der Waals surface area contributed by atoms with Gasteiger partial charge in [0.05, 0.1) is 0 Å². The third-order valence-electron chi connectivity index (χ3n) is 11.7. The van der Waals surface area contributed by atoms with Gasteiger partial charge in [-0.3, -0.25) is 0 Å². The standard InChI is InChI=1S/C54H32S/c1-2-12-35-31-51-49(29-34(35)11-1)50-30-40-23-22-39(28-42(40)32-52(50)55-51)36-20-21-38-27-41(25-24-37(38)26-36)53-45-15-5-7-17-47(45)54(48-18-8-6-16-46(48)53)44-19-9-13-33-10-3-4-14-43(33)44/h1-32H. The third-order valence-corrected chi connectivity index (χ3v) is 12.9. The molecule has 0 bridgehead atoms. The zero-order chi connectivity index (χ0) is 36.0. The quantitative estimate of drug-likeness (QED) is 0.160. The topological polar surface area (TPSA) is 0 Å². The van der Waals surface area contributed by atoms with Crippen molar-refractivity contribution in [2.24, 2.45) is 0 Å². The average Bonchev–Trinajstić information content (AvgIpc) is 3.58. The Labute approximate surface area is 322 Å². The van der Waals surface area contributed by atoms with Crippen LogP contribution in [-0.2, 0) is 0 Å². The van der Waals surface area contributed by atoms with E-state index < -0.39 is 0 Å². The van der Waals surface area contributed by atoms with E-state index >= 15 is 0 Å². The second-order valence-corrected chi connectivity index (χ2v) is 15.9. The van der Waals surface area contributed by atoms with Gasteiger partial charge in [-0.05, 0) is 140 Å². The zero-order valence-corrected chi connectivity index (χ0v) is 30.7. The number of thiophene rings is 1. The SMILES string of the molecule is c1ccc2cc3c(cc2c1)sc1cc2cc(-c4ccc5cc(-c6c7ccccc7c(-c7cccc8ccccc78)c7ccccc67)ccc5c4)ccc2cc13. The van der Waals surface area contributed by atoms with Crippen molar-refractivity contribution in [3.05, 3.63) is 194 Å². The van der Waals surface area contributed by atoms with E-state index in [9.17, 15) is 0 Å². The first-order chi connectivity index (χ1) is 27.2. The van der Waals surface area contributed by atoms with Crippen molar-refractivity contribution >= 4 is 96.1 Å². The molecule has 12 aromatic rings. The van der Waals surface area contributed by atoms with Crippen LogP contribution >= 0.6 is 11.3 Å². The van der Waals surface area contributed by atoms with Crippen LogP contribution < -0.4 is 0 Å². The number of hydrogen-bond donors (Lipinski definition) is 0. The number of rotatable bonds is 3. The van der Waals surface area contributed by atoms with E-state index in [0.29, 0.717) is 0 Å². The summed E-state index contributed by atoms with van der Waals surface area (Å²) in [6.07, 6.45) is 0. The predicted molar refractivity (Wildman–Crippen MR) is 241 cm³/mol. The first kappa shape index (κ1) is 30.6. The van der Waals surface area contributed by atoms with Gasteiger partial charge in [-0.25, -0.2) is 0 Å². The van der Waals surface area contributed by atoms with Gasteiger partial charge in [-0.2, -0.15) is 0 Å². The highest BCUT2D eigenvalue weighted by Gasteiger charge is 2.18. The van der Waals surface area contributed by atoms with Gasteiger partial charge < -0.3 is 0 Å². The van der Waals surface area contributed by atoms with Crippen molar-refractivity contribution in [3.8, 4) is 33.4 Å². The van der Waals surface area contributed by atoms with Crippen LogP contribution in [0.1, 0.15) is 0 Å². The maximum absolute atomic E-state index is 2.39. The molecule has 0 saturated heterocycles. The van der Waals surface area contributed by atoms with E-state index in [0.717, 1.165) is 0 Å². The molecule has 0 unspecified atom stereocenters. The number of fused-ring (bicyclic) bond motifs is 9. The molecule has 12 rings (SSSR count). The van der Waals surface area contributed by atoms with Gasteiger partial charge in [0, 0.05) is 20.2 Å². The van der Waals surface area contributed by atoms with Crippen molar-refractivity contribution in [2.45, 2.75) is 0 Å². The summed E-state index contributed by atoms with van der Waals surface area (Å²) in [6.45, 7) is 0. The molecule has 254 valence electrons. The van der Waals surface area contributed by atoms with E-state index in [2.05, 4.69) is 194 Å². The molecule has 0 saturated carbocycles. The van der Waals surface area contributed by atoms with Crippen LogP contribution in [0.5, 0.6) is 0 Å². The fourth-order valence-electron chi connectivity index (χ4n) is 9.14. The van der Waals surface area contributed by atoms with Gasteiger partial charge in [0.15, 0.2) is 0 Å². The third kappa shape index (κ3) is 4.77. The monoisotopic (exact) mass is 712 g/mol. The minimum absolute atomic E-state index is 1.24. The van der Waals surface area contributed by atoms with E-state index in [4.69, 9.17) is 0 Å². The van der Waals surface area contributed by atoms with Gasteiger partial charge in [0.1, 0.15) is 0 Å². The van der Waals surface area contributed by atoms with Gasteiger partial charge in [0.2, 0.25) is 0 Å². The molecule has 0 amide bonds. The molecule has 0 atom stereocenters. The van der Waals surface area contributed by atoms with Crippen LogP contribution in [0.25, 0.3) is 118 Å². The summed E-state index contributed by atoms with van der Waals surface area (Å²) in [5.74, 6) is 0. The highest BCUT2D eigenvalue weighted by Crippen LogP contribution is 2.46. The molecule has 0 radical (unpaired) electrons. The Morgan fingerprint density at radius 1 is 0.236 bits per heavy atom. The lowest BCUT2D eigenvalue weighted by atomic mass is 9.84. The second kappa shape index (κ2) is 11.9. The summed E-state index contributed by atoms with van der Waals surface area (Å²) in [7, 11) is 0. The molecule has 1 heteroatoms. The molecule has 0 spiro atoms. The minimum Gasteiger partial charge on any atom is -0.135 e. The molecule has 0 fully saturated rings. The second-order valence-electron chi connectivity index (χ2n) is 14.9. The van der Waals surface area contributed by atoms with Crippen LogP contribution in [0.3, 0.4) is 0 Å². The number of benzene rings is 11. The summed E-state index contributed by atoms with van der Waals surface area (Å²) in [5, 5.41) is 18.0. The minimum atomic E-state index is 1.24. The lowest BCUT2D eigenvalue weighted by molar-refractivity contribution is 1.67. The molecule has 55 heavy (non-hydrogen) atoms. The van der Waals surface area contributed by atoms with Crippen LogP contribution in [0.4, 0.5) is 0 Å². The molecular weight excluding hydrogens is 681 g/mol. The van der Waals surface area contributed by atoms with Gasteiger partial charge in [-0.1, -0.05) is 152 Å². The average molecular weight is 713 g/mol. The van der Waals surface area contributed by atoms with Crippen molar-refractivity contribution in [1.82, 2.24) is 0 Å². The Balaban J connectivity index is 0.975. The molecule has 0 aliphatic rings. The maximum atomic E-state index is 2.39. The zero-order valence-electron chi connectivity index (χ0n) is 29.9. The smallest absolute Gasteiger partial charge is 0.0361 e. The largest absolute Gasteiger partial charge is 0.135 e. The Morgan fingerprint density at radius 3 is 1.29 bits per heavy atom. The summed E-state index contributed by atoms with van der Waals surface area (Å²) in [5.41, 5.74) is 7.58. The predicted octanol–water partition coefficient (Wildman–Crippen LogP) is 16.0. The first-order valence-corrected chi connectivity index (χ1v) is 19.8. The highest BCUT2D eigenvalue weighted by molar-refractivity contribution is 7.26. The van der Waals surface area contributed by atoms with E-state index in [1.54, 1.807) is 0 Å². The van der Waals surface area contributed by atoms with Crippen molar-refractivity contribution in [1.29, 1.82) is 0 Å². The lowest BCUT2D eigenvalue weighted by Crippen LogP contribution is -1.91. The van der Waals surface area contributed by atoms with E-state index in [1.165, 1.54) is 118 Å². The van der Waals surface area contributed by atoms with Gasteiger partial charge in [0.25, 0.3) is 0 Å². The molecule has 0 nitrogen and oxygen atoms in total. The van der Waals surface area contributed by atoms with Crippen LogP contribution in [-0.4, -0.2) is 0 Å². The highest BCUT2D eigenvalue weighted by atomic mass is 32.1. The van der Waals surface area contributed by atoms with E-state index in [1.807, 2.05) is 11.3 Å². The van der Waals surface area contributed by atoms with Gasteiger partial charge in [-0.15, -0.1) is 11.3 Å². The molecule has 0 N–H and O–H groups in total. The Bertz CT molecular complexity index is 3490. The lowest BCUT2D eigenvalue weighted by Gasteiger charge is -2.19. The Kier molecular flexibility index (Phi) is 6.60. The summed E-state index contributed by atoms with van der Waals surface area (Å²) >= 11 is 1.90. The van der Waals surface area contributed by atoms with Crippen LogP contribution in [0.15, 0.2) is 194 Å². The van der Waals surface area contributed by atoms with Crippen molar-refractivity contribution in [2.75, 3.05) is 0 Å². The molecule has 0 aliphatic heterocycles. The fourth-order valence-corrected chi connectivity index (χ4v) is 10.3. The molecule has 0 aliphatic carbocycles. The molecule has 1 heterocycles. The molecule has 11 aromatic carbocycles. The van der Waals surface area contributed by atoms with Crippen LogP contribution in [0, 0.1) is 0 Å². The summed E-state index contributed by atoms with van der Waals surface area (Å²) in [4.78, 5) is 0. The van der Waals surface area contributed by atoms with Crippen molar-refractivity contribution < 1.29 is 0 Å². The van der Waals surface area contributed by atoms with Gasteiger partial charge >= 0.3 is 0 Å². The summed E-state index contributed by atoms with van der Waals surface area (Å²) < 4.78 is 2.69. The van der Waals surface area contributed by atoms with Crippen molar-refractivity contribution in [3.63, 3.8) is 0 Å². The van der Waals surface area contributed by atoms with E-state index in [-0.39, 0.29) is 0 Å². The summed E-state index contributed by atoms with van der Waals surface area (Å²) in [6, 6.07) is 72.4. The Hall–Kier alpha value is -6.80. The molecule has 1 aromatic heterocycles. The fraction of sp³-hybridized carbons (Fsp3) is 0. The normalized spacial score (nSPS) is 12.0. The maximum Gasteiger partial charge on any atom is 0.0361 e. The first-order valence-electron chi connectivity index (χ1n) is 19.0. The molecular formula is C54H32S. The Morgan fingerprint density at radius 2 is 0.655 bits per heavy atom.